The molecule has 1 aromatic heterocycles. The number of hydrogen-bond donors (Lipinski definition) is 3. The van der Waals surface area contributed by atoms with Crippen LogP contribution in [0.3, 0.4) is 0 Å². The molecule has 2 amide bonds. The van der Waals surface area contributed by atoms with E-state index in [1.165, 1.54) is 6.07 Å². The van der Waals surface area contributed by atoms with E-state index in [2.05, 4.69) is 20.5 Å². The Labute approximate surface area is 246 Å². The van der Waals surface area contributed by atoms with Gasteiger partial charge in [0.1, 0.15) is 24.6 Å². The lowest BCUT2D eigenvalue weighted by molar-refractivity contribution is -0.242. The lowest BCUT2D eigenvalue weighted by atomic mass is 10.1. The first-order valence-corrected chi connectivity index (χ1v) is 14.3. The molecule has 0 radical (unpaired) electrons. The Morgan fingerprint density at radius 3 is 2.52 bits per heavy atom. The lowest BCUT2D eigenvalue weighted by Gasteiger charge is -2.35. The van der Waals surface area contributed by atoms with Gasteiger partial charge < -0.3 is 24.6 Å². The third-order valence-corrected chi connectivity index (χ3v) is 8.25. The molecule has 13 nitrogen and oxygen atoms in total. The van der Waals surface area contributed by atoms with Crippen molar-refractivity contribution < 1.29 is 63.7 Å². The normalized spacial score (nSPS) is 20.0. The molecule has 1 fully saturated rings. The summed E-state index contributed by atoms with van der Waals surface area (Å²) in [6, 6.07) is 3.35. The highest BCUT2D eigenvalue weighted by atomic mass is 32.2. The number of alkyl halides is 6. The van der Waals surface area contributed by atoms with E-state index in [1.54, 1.807) is 0 Å². The van der Waals surface area contributed by atoms with Crippen LogP contribution < -0.4 is 24.4 Å². The Balaban J connectivity index is 1.68. The number of hydrogen-bond acceptors (Lipinski definition) is 9. The van der Waals surface area contributed by atoms with Gasteiger partial charge in [-0.25, -0.2) is 22.3 Å². The third kappa shape index (κ3) is 7.06. The highest BCUT2D eigenvalue weighted by molar-refractivity contribution is 7.93. The zero-order chi connectivity index (χ0) is 32.6. The predicted molar refractivity (Wildman–Crippen MR) is 138 cm³/mol. The van der Waals surface area contributed by atoms with Gasteiger partial charge in [0.2, 0.25) is 11.5 Å². The number of carbonyl (C=O) groups excluding carboxylic acids is 2. The number of rotatable bonds is 11. The SMILES string of the molecule is CC(C)(OC(=O)Nc1ccc2c(c1)N(S(=O)(=O)c1cn(C(F)F)nc1OCCO)CC(CNC(=O)C1CC1F)O2)C(F)(F)F. The van der Waals surface area contributed by atoms with Gasteiger partial charge in [0, 0.05) is 5.69 Å². The van der Waals surface area contributed by atoms with E-state index >= 15 is 0 Å². The van der Waals surface area contributed by atoms with Crippen molar-refractivity contribution >= 4 is 33.4 Å². The maximum absolute atomic E-state index is 13.9. The van der Waals surface area contributed by atoms with Crippen LogP contribution in [0.5, 0.6) is 11.6 Å². The molecule has 0 spiro atoms. The molecule has 1 aliphatic heterocycles. The van der Waals surface area contributed by atoms with E-state index in [9.17, 15) is 44.3 Å². The number of aromatic nitrogens is 2. The summed E-state index contributed by atoms with van der Waals surface area (Å²) in [5, 5.41) is 17.0. The number of ether oxygens (including phenoxy) is 3. The summed E-state index contributed by atoms with van der Waals surface area (Å²) in [6.45, 7) is -4.01. The molecule has 20 heteroatoms. The number of aliphatic hydroxyl groups excluding tert-OH is 1. The van der Waals surface area contributed by atoms with Crippen molar-refractivity contribution in [3.8, 4) is 11.6 Å². The van der Waals surface area contributed by atoms with E-state index in [4.69, 9.17) is 14.6 Å². The number of amides is 2. The van der Waals surface area contributed by atoms with Gasteiger partial charge in [0.25, 0.3) is 15.9 Å². The van der Waals surface area contributed by atoms with Crippen LogP contribution in [0.15, 0.2) is 29.3 Å². The van der Waals surface area contributed by atoms with Crippen molar-refractivity contribution in [1.29, 1.82) is 0 Å². The van der Waals surface area contributed by atoms with E-state index in [0.717, 1.165) is 12.1 Å². The quantitative estimate of drug-likeness (QED) is 0.308. The van der Waals surface area contributed by atoms with Gasteiger partial charge in [0.15, 0.2) is 4.90 Å². The van der Waals surface area contributed by atoms with Gasteiger partial charge in [-0.05, 0) is 38.5 Å². The molecular formula is C24H27F6N5O8S. The van der Waals surface area contributed by atoms with E-state index in [1.807, 2.05) is 0 Å². The predicted octanol–water partition coefficient (Wildman–Crippen LogP) is 2.97. The summed E-state index contributed by atoms with van der Waals surface area (Å²) in [6.07, 6.45) is -8.31. The van der Waals surface area contributed by atoms with Gasteiger partial charge in [-0.2, -0.15) is 22.0 Å². The zero-order valence-electron chi connectivity index (χ0n) is 23.0. The van der Waals surface area contributed by atoms with Gasteiger partial charge in [-0.3, -0.25) is 14.4 Å². The molecule has 244 valence electrons. The van der Waals surface area contributed by atoms with Gasteiger partial charge in [-0.1, -0.05) is 0 Å². The molecule has 2 heterocycles. The number of aliphatic hydroxyl groups is 1. The molecule has 1 saturated carbocycles. The fourth-order valence-corrected chi connectivity index (χ4v) is 5.50. The lowest BCUT2D eigenvalue weighted by Crippen LogP contribution is -2.48. The first kappa shape index (κ1) is 33.0. The Hall–Kier alpha value is -3.94. The van der Waals surface area contributed by atoms with Crippen LogP contribution >= 0.6 is 0 Å². The van der Waals surface area contributed by atoms with E-state index in [0.29, 0.717) is 24.3 Å². The van der Waals surface area contributed by atoms with Crippen LogP contribution in [0.1, 0.15) is 26.8 Å². The highest BCUT2D eigenvalue weighted by Crippen LogP contribution is 2.41. The molecule has 3 atom stereocenters. The van der Waals surface area contributed by atoms with Crippen LogP contribution in [0.25, 0.3) is 0 Å². The zero-order valence-corrected chi connectivity index (χ0v) is 23.8. The second kappa shape index (κ2) is 12.2. The summed E-state index contributed by atoms with van der Waals surface area (Å²) >= 11 is 0. The van der Waals surface area contributed by atoms with Crippen molar-refractivity contribution in [2.24, 2.45) is 5.92 Å². The molecule has 3 unspecified atom stereocenters. The second-order valence-corrected chi connectivity index (χ2v) is 12.0. The number of benzene rings is 1. The number of nitrogens with zero attached hydrogens (tertiary/aromatic N) is 3. The minimum absolute atomic E-state index is 0.0120. The van der Waals surface area contributed by atoms with Gasteiger partial charge in [-0.15, -0.1) is 5.10 Å². The Morgan fingerprint density at radius 2 is 1.93 bits per heavy atom. The summed E-state index contributed by atoms with van der Waals surface area (Å²) in [7, 11) is -4.86. The number of fused-ring (bicyclic) bond motifs is 1. The van der Waals surface area contributed by atoms with Crippen LogP contribution in [0.4, 0.5) is 42.5 Å². The second-order valence-electron chi connectivity index (χ2n) is 10.2. The minimum Gasteiger partial charge on any atom is -0.484 e. The van der Waals surface area contributed by atoms with Crippen molar-refractivity contribution in [3.05, 3.63) is 24.4 Å². The average Bonchev–Trinajstić information content (AvgIpc) is 3.49. The Bertz CT molecular complexity index is 1500. The fourth-order valence-electron chi connectivity index (χ4n) is 3.93. The number of carbonyl (C=O) groups is 2. The molecule has 3 N–H and O–H groups in total. The summed E-state index contributed by atoms with van der Waals surface area (Å²) in [4.78, 5) is 23.6. The number of sulfonamides is 1. The topological polar surface area (TPSA) is 161 Å². The van der Waals surface area contributed by atoms with Gasteiger partial charge in [0.05, 0.1) is 37.5 Å². The van der Waals surface area contributed by atoms with Crippen molar-refractivity contribution in [3.63, 3.8) is 0 Å². The first-order valence-electron chi connectivity index (χ1n) is 12.9. The average molecular weight is 660 g/mol. The largest absolute Gasteiger partial charge is 0.484 e. The van der Waals surface area contributed by atoms with E-state index in [-0.39, 0.29) is 34.8 Å². The number of anilines is 2. The summed E-state index contributed by atoms with van der Waals surface area (Å²) in [5.41, 5.74) is -3.39. The van der Waals surface area contributed by atoms with Crippen LogP contribution in [0, 0.1) is 5.92 Å². The highest BCUT2D eigenvalue weighted by Gasteiger charge is 2.51. The van der Waals surface area contributed by atoms with Crippen LogP contribution in [0.2, 0.25) is 0 Å². The molecule has 4 rings (SSSR count). The number of halogens is 6. The molecule has 0 bridgehead atoms. The summed E-state index contributed by atoms with van der Waals surface area (Å²) < 4.78 is 123. The monoisotopic (exact) mass is 659 g/mol. The molecular weight excluding hydrogens is 632 g/mol. The van der Waals surface area contributed by atoms with Crippen LogP contribution in [-0.2, 0) is 19.6 Å². The van der Waals surface area contributed by atoms with Crippen molar-refractivity contribution in [2.45, 2.75) is 55.8 Å². The molecule has 1 aromatic carbocycles. The number of nitrogens with one attached hydrogen (secondary N) is 2. The fraction of sp³-hybridized carbons (Fsp3) is 0.542. The summed E-state index contributed by atoms with van der Waals surface area (Å²) in [5.74, 6) is -2.40. The molecule has 44 heavy (non-hydrogen) atoms. The molecule has 0 saturated heterocycles. The third-order valence-electron chi connectivity index (χ3n) is 6.49. The smallest absolute Gasteiger partial charge is 0.427 e. The Kier molecular flexibility index (Phi) is 9.15. The minimum atomic E-state index is -4.91. The van der Waals surface area contributed by atoms with Crippen LogP contribution in [-0.4, -0.2) is 85.7 Å². The van der Waals surface area contributed by atoms with E-state index < -0.39 is 89.1 Å². The maximum atomic E-state index is 13.9. The standard InChI is InChI=1S/C24H27F6N5O8S/c1-23(2,24(28,29)30)43-22(38)32-12-3-4-17-16(7-12)35(10-13(42-17)9-31-19(37)14-8-15(14)25)44(39,40)18-11-34(21(26)27)33-20(18)41-6-5-36/h3-4,7,11,13-15,21,36H,5-6,8-10H2,1-2H3,(H,31,37)(H,32,38). The van der Waals surface area contributed by atoms with Gasteiger partial charge >= 0.3 is 18.8 Å². The van der Waals surface area contributed by atoms with Crippen molar-refractivity contribution in [2.75, 3.05) is 35.9 Å². The molecule has 2 aliphatic rings. The molecule has 2 aromatic rings. The molecule has 1 aliphatic carbocycles. The first-order chi connectivity index (χ1) is 20.4. The Morgan fingerprint density at radius 1 is 1.25 bits per heavy atom. The maximum Gasteiger partial charge on any atom is 0.427 e. The van der Waals surface area contributed by atoms with Crippen molar-refractivity contribution in [1.82, 2.24) is 15.1 Å².